The second kappa shape index (κ2) is 6.59. The van der Waals surface area contributed by atoms with Crippen molar-refractivity contribution in [3.63, 3.8) is 0 Å². The summed E-state index contributed by atoms with van der Waals surface area (Å²) in [7, 11) is 0. The minimum absolute atomic E-state index is 0.0234. The van der Waals surface area contributed by atoms with Crippen LogP contribution in [-0.4, -0.2) is 18.5 Å². The number of rotatable bonds is 5. The van der Waals surface area contributed by atoms with E-state index in [2.05, 4.69) is 40.2 Å². The molecule has 3 N–H and O–H groups in total. The molecule has 0 saturated heterocycles. The number of nitrogens with one attached hydrogen (secondary N) is 3. The summed E-state index contributed by atoms with van der Waals surface area (Å²) in [6.07, 6.45) is 1.55. The predicted octanol–water partition coefficient (Wildman–Crippen LogP) is 2.78. The van der Waals surface area contributed by atoms with Crippen molar-refractivity contribution in [2.75, 3.05) is 11.9 Å². The predicted molar refractivity (Wildman–Crippen MR) is 96.3 cm³/mol. The monoisotopic (exact) mass is 335 g/mol. The highest BCUT2D eigenvalue weighted by Crippen LogP contribution is 2.46. The average molecular weight is 335 g/mol. The lowest BCUT2D eigenvalue weighted by molar-refractivity contribution is -0.115. The zero-order valence-corrected chi connectivity index (χ0v) is 13.9. The zero-order chi connectivity index (χ0) is 17.2. The van der Waals surface area contributed by atoms with Gasteiger partial charge in [-0.05, 0) is 41.0 Å². The Kier molecular flexibility index (Phi) is 4.14. The molecule has 2 aliphatic rings. The fraction of sp³-hybridized carbons (Fsp3) is 0.300. The van der Waals surface area contributed by atoms with E-state index in [1.54, 1.807) is 0 Å². The van der Waals surface area contributed by atoms with E-state index in [1.165, 1.54) is 5.56 Å². The first-order chi connectivity index (χ1) is 12.2. The van der Waals surface area contributed by atoms with Gasteiger partial charge in [0, 0.05) is 18.8 Å². The van der Waals surface area contributed by atoms with Crippen LogP contribution in [0.3, 0.4) is 0 Å². The van der Waals surface area contributed by atoms with Gasteiger partial charge in [-0.1, -0.05) is 42.5 Å². The van der Waals surface area contributed by atoms with Crippen LogP contribution in [0.4, 0.5) is 10.5 Å². The maximum absolute atomic E-state index is 12.0. The van der Waals surface area contributed by atoms with Crippen LogP contribution in [-0.2, 0) is 17.8 Å². The highest BCUT2D eigenvalue weighted by molar-refractivity contribution is 5.99. The Morgan fingerprint density at radius 2 is 1.96 bits per heavy atom. The molecular weight excluding hydrogens is 314 g/mol. The Bertz CT molecular complexity index is 804. The SMILES string of the molecule is O=C1Cc2cc(CNC(=O)NCC3CC3c3ccccc3)ccc2N1. The molecule has 1 heterocycles. The first-order valence-corrected chi connectivity index (χ1v) is 8.67. The molecule has 1 fully saturated rings. The third-order valence-corrected chi connectivity index (χ3v) is 4.92. The fourth-order valence-corrected chi connectivity index (χ4v) is 3.44. The molecule has 4 rings (SSSR count). The normalized spacial score (nSPS) is 20.6. The van der Waals surface area contributed by atoms with Crippen LogP contribution in [0.25, 0.3) is 0 Å². The number of urea groups is 1. The quantitative estimate of drug-likeness (QED) is 0.786. The molecule has 128 valence electrons. The Hall–Kier alpha value is -2.82. The van der Waals surface area contributed by atoms with Crippen molar-refractivity contribution in [3.8, 4) is 0 Å². The van der Waals surface area contributed by atoms with Gasteiger partial charge in [-0.25, -0.2) is 4.79 Å². The largest absolute Gasteiger partial charge is 0.338 e. The van der Waals surface area contributed by atoms with Gasteiger partial charge >= 0.3 is 6.03 Å². The highest BCUT2D eigenvalue weighted by Gasteiger charge is 2.37. The number of anilines is 1. The molecule has 0 spiro atoms. The molecule has 25 heavy (non-hydrogen) atoms. The minimum atomic E-state index is -0.145. The summed E-state index contributed by atoms with van der Waals surface area (Å²) in [6.45, 7) is 1.16. The molecule has 5 heteroatoms. The Morgan fingerprint density at radius 1 is 1.12 bits per heavy atom. The first-order valence-electron chi connectivity index (χ1n) is 8.67. The van der Waals surface area contributed by atoms with Crippen molar-refractivity contribution >= 4 is 17.6 Å². The summed E-state index contributed by atoms with van der Waals surface area (Å²) < 4.78 is 0. The molecule has 0 aromatic heterocycles. The van der Waals surface area contributed by atoms with Crippen molar-refractivity contribution in [3.05, 3.63) is 65.2 Å². The molecule has 2 aromatic carbocycles. The van der Waals surface area contributed by atoms with E-state index < -0.39 is 0 Å². The Balaban J connectivity index is 1.22. The third-order valence-electron chi connectivity index (χ3n) is 4.92. The van der Waals surface area contributed by atoms with Gasteiger partial charge in [-0.15, -0.1) is 0 Å². The van der Waals surface area contributed by atoms with Gasteiger partial charge in [0.2, 0.25) is 5.91 Å². The van der Waals surface area contributed by atoms with E-state index in [9.17, 15) is 9.59 Å². The van der Waals surface area contributed by atoms with Crippen LogP contribution in [0.5, 0.6) is 0 Å². The molecule has 2 atom stereocenters. The number of benzene rings is 2. The smallest absolute Gasteiger partial charge is 0.315 e. The number of hydrogen-bond donors (Lipinski definition) is 3. The van der Waals surface area contributed by atoms with Crippen LogP contribution in [0, 0.1) is 5.92 Å². The van der Waals surface area contributed by atoms with Gasteiger partial charge in [0.15, 0.2) is 0 Å². The molecule has 3 amide bonds. The molecule has 2 unspecified atom stereocenters. The molecular formula is C20H21N3O2. The molecule has 2 aromatic rings. The van der Waals surface area contributed by atoms with Crippen LogP contribution < -0.4 is 16.0 Å². The minimum Gasteiger partial charge on any atom is -0.338 e. The van der Waals surface area contributed by atoms with Crippen molar-refractivity contribution in [2.45, 2.75) is 25.3 Å². The molecule has 1 saturated carbocycles. The zero-order valence-electron chi connectivity index (χ0n) is 13.9. The van der Waals surface area contributed by atoms with Gasteiger partial charge in [-0.2, -0.15) is 0 Å². The number of fused-ring (bicyclic) bond motifs is 1. The number of carbonyl (C=O) groups is 2. The van der Waals surface area contributed by atoms with E-state index in [1.807, 2.05) is 24.3 Å². The number of hydrogen-bond acceptors (Lipinski definition) is 2. The Labute approximate surface area is 146 Å². The summed E-state index contributed by atoms with van der Waals surface area (Å²) in [5.41, 5.74) is 4.22. The summed E-state index contributed by atoms with van der Waals surface area (Å²) in [5.74, 6) is 1.13. The second-order valence-electron chi connectivity index (χ2n) is 6.79. The van der Waals surface area contributed by atoms with E-state index in [-0.39, 0.29) is 11.9 Å². The first kappa shape index (κ1) is 15.7. The van der Waals surface area contributed by atoms with Gasteiger partial charge in [0.1, 0.15) is 0 Å². The number of amides is 3. The van der Waals surface area contributed by atoms with Crippen LogP contribution in [0.2, 0.25) is 0 Å². The van der Waals surface area contributed by atoms with Gasteiger partial charge < -0.3 is 16.0 Å². The summed E-state index contributed by atoms with van der Waals surface area (Å²) in [5, 5.41) is 8.65. The second-order valence-corrected chi connectivity index (χ2v) is 6.79. The third kappa shape index (κ3) is 3.65. The van der Waals surface area contributed by atoms with E-state index in [0.717, 1.165) is 23.2 Å². The highest BCUT2D eigenvalue weighted by atomic mass is 16.2. The Morgan fingerprint density at radius 3 is 2.80 bits per heavy atom. The maximum atomic E-state index is 12.0. The lowest BCUT2D eigenvalue weighted by atomic mass is 10.1. The molecule has 1 aliphatic carbocycles. The fourth-order valence-electron chi connectivity index (χ4n) is 3.44. The van der Waals surface area contributed by atoms with Crippen molar-refractivity contribution in [1.82, 2.24) is 10.6 Å². The summed E-state index contributed by atoms with van der Waals surface area (Å²) >= 11 is 0. The number of carbonyl (C=O) groups excluding carboxylic acids is 2. The van der Waals surface area contributed by atoms with Crippen LogP contribution in [0.15, 0.2) is 48.5 Å². The van der Waals surface area contributed by atoms with Crippen molar-refractivity contribution in [1.29, 1.82) is 0 Å². The average Bonchev–Trinajstić information content (AvgIpc) is 3.31. The molecule has 5 nitrogen and oxygen atoms in total. The topological polar surface area (TPSA) is 70.2 Å². The molecule has 0 bridgehead atoms. The van der Waals surface area contributed by atoms with Crippen LogP contribution >= 0.6 is 0 Å². The maximum Gasteiger partial charge on any atom is 0.315 e. The standard InChI is InChI=1S/C20H21N3O2/c24-19-10-15-8-13(6-7-18(15)23-19)11-21-20(25)22-12-16-9-17(16)14-4-2-1-3-5-14/h1-8,16-17H,9-12H2,(H,23,24)(H2,21,22,25). The van der Waals surface area contributed by atoms with Gasteiger partial charge in [0.05, 0.1) is 6.42 Å². The van der Waals surface area contributed by atoms with Crippen molar-refractivity contribution < 1.29 is 9.59 Å². The lowest BCUT2D eigenvalue weighted by Crippen LogP contribution is -2.36. The van der Waals surface area contributed by atoms with Gasteiger partial charge in [-0.3, -0.25) is 4.79 Å². The van der Waals surface area contributed by atoms with Crippen molar-refractivity contribution in [2.24, 2.45) is 5.92 Å². The van der Waals surface area contributed by atoms with E-state index >= 15 is 0 Å². The summed E-state index contributed by atoms with van der Waals surface area (Å²) in [4.78, 5) is 23.4. The van der Waals surface area contributed by atoms with Gasteiger partial charge in [0.25, 0.3) is 0 Å². The molecule has 0 radical (unpaired) electrons. The van der Waals surface area contributed by atoms with E-state index in [4.69, 9.17) is 0 Å². The summed E-state index contributed by atoms with van der Waals surface area (Å²) in [6, 6.07) is 16.1. The van der Waals surface area contributed by atoms with Crippen LogP contribution in [0.1, 0.15) is 29.0 Å². The van der Waals surface area contributed by atoms with E-state index in [0.29, 0.717) is 31.3 Å². The lowest BCUT2D eigenvalue weighted by Gasteiger charge is -2.09. The molecule has 1 aliphatic heterocycles.